The minimum Gasteiger partial charge on any atom is -0.325 e. The van der Waals surface area contributed by atoms with Gasteiger partial charge in [-0.05, 0) is 18.2 Å². The third-order valence-electron chi connectivity index (χ3n) is 5.23. The quantitative estimate of drug-likeness (QED) is 0.448. The maximum atomic E-state index is 12.8. The fourth-order valence-corrected chi connectivity index (χ4v) is 3.39. The molecular formula is C21H15N3O12. The molecule has 3 saturated heterocycles. The smallest absolute Gasteiger partial charge is 0.325 e. The van der Waals surface area contributed by atoms with Gasteiger partial charge >= 0.3 is 17.9 Å². The second-order valence-electron chi connectivity index (χ2n) is 7.64. The minimum atomic E-state index is -1.44. The van der Waals surface area contributed by atoms with Crippen LogP contribution in [0.25, 0.3) is 0 Å². The zero-order valence-electron chi connectivity index (χ0n) is 18.2. The summed E-state index contributed by atoms with van der Waals surface area (Å²) in [4.78, 5) is 123. The molecule has 1 aromatic rings. The molecule has 0 saturated carbocycles. The van der Waals surface area contributed by atoms with Crippen molar-refractivity contribution in [1.82, 2.24) is 15.2 Å². The summed E-state index contributed by atoms with van der Waals surface area (Å²) in [6.07, 6.45) is -1.16. The number of imide groups is 3. The van der Waals surface area contributed by atoms with Crippen LogP contribution in [0.2, 0.25) is 0 Å². The Labute approximate surface area is 200 Å². The van der Waals surface area contributed by atoms with E-state index in [9.17, 15) is 43.2 Å². The summed E-state index contributed by atoms with van der Waals surface area (Å²) >= 11 is 0. The molecule has 186 valence electrons. The van der Waals surface area contributed by atoms with Crippen molar-refractivity contribution in [2.45, 2.75) is 38.5 Å². The fraction of sp³-hybridized carbons (Fsp3) is 0.286. The van der Waals surface area contributed by atoms with E-state index in [0.717, 1.165) is 18.2 Å². The van der Waals surface area contributed by atoms with Crippen LogP contribution in [0.15, 0.2) is 18.2 Å². The topological polar surface area (TPSA) is 191 Å². The van der Waals surface area contributed by atoms with Crippen LogP contribution >= 0.6 is 0 Å². The van der Waals surface area contributed by atoms with E-state index in [0.29, 0.717) is 0 Å². The van der Waals surface area contributed by atoms with Crippen molar-refractivity contribution in [2.24, 2.45) is 0 Å². The summed E-state index contributed by atoms with van der Waals surface area (Å²) < 4.78 is 0. The molecule has 15 nitrogen and oxygen atoms in total. The van der Waals surface area contributed by atoms with Gasteiger partial charge in [0.2, 0.25) is 0 Å². The fourth-order valence-electron chi connectivity index (χ4n) is 3.39. The highest BCUT2D eigenvalue weighted by atomic mass is 16.7. The highest BCUT2D eigenvalue weighted by molar-refractivity contribution is 6.09. The molecule has 3 fully saturated rings. The Hall–Kier alpha value is -4.95. The molecule has 15 heteroatoms. The Morgan fingerprint density at radius 1 is 0.500 bits per heavy atom. The Morgan fingerprint density at radius 2 is 0.833 bits per heavy atom. The minimum absolute atomic E-state index is 0.166. The molecule has 3 aliphatic rings. The van der Waals surface area contributed by atoms with E-state index in [4.69, 9.17) is 14.5 Å². The van der Waals surface area contributed by atoms with Crippen LogP contribution in [0.5, 0.6) is 0 Å². The molecule has 0 atom stereocenters. The van der Waals surface area contributed by atoms with Crippen LogP contribution < -0.4 is 0 Å². The lowest BCUT2D eigenvalue weighted by Gasteiger charge is -2.17. The number of carbonyl (C=O) groups excluding carboxylic acids is 9. The third-order valence-corrected chi connectivity index (χ3v) is 5.23. The Balaban J connectivity index is 1.63. The SMILES string of the molecule is O=C(ON1C(=O)CCC1=O)c1ccc(C(=O)ON2C(=O)CCC2=O)c(C(=O)ON2C(=O)CCC2=O)c1. The van der Waals surface area contributed by atoms with E-state index in [2.05, 4.69) is 0 Å². The number of carbonyl (C=O) groups is 9. The molecule has 1 aromatic carbocycles. The first kappa shape index (κ1) is 24.2. The van der Waals surface area contributed by atoms with Crippen molar-refractivity contribution in [3.8, 4) is 0 Å². The molecule has 6 amide bonds. The van der Waals surface area contributed by atoms with Gasteiger partial charge in [0.25, 0.3) is 35.4 Å². The summed E-state index contributed by atoms with van der Waals surface area (Å²) in [5.41, 5.74) is -1.74. The Kier molecular flexibility index (Phi) is 6.29. The third kappa shape index (κ3) is 4.53. The largest absolute Gasteiger partial charge is 0.364 e. The second-order valence-corrected chi connectivity index (χ2v) is 7.64. The van der Waals surface area contributed by atoms with Crippen molar-refractivity contribution < 1.29 is 57.7 Å². The number of hydrogen-bond donors (Lipinski definition) is 0. The van der Waals surface area contributed by atoms with Gasteiger partial charge in [-0.2, -0.15) is 0 Å². The van der Waals surface area contributed by atoms with E-state index in [1.807, 2.05) is 0 Å². The van der Waals surface area contributed by atoms with E-state index < -0.39 is 70.0 Å². The maximum absolute atomic E-state index is 12.8. The number of hydroxylamine groups is 6. The molecule has 0 unspecified atom stereocenters. The number of hydrogen-bond acceptors (Lipinski definition) is 12. The maximum Gasteiger partial charge on any atom is 0.364 e. The first-order valence-electron chi connectivity index (χ1n) is 10.4. The van der Waals surface area contributed by atoms with Crippen LogP contribution in [-0.2, 0) is 43.3 Å². The lowest BCUT2D eigenvalue weighted by molar-refractivity contribution is -0.174. The van der Waals surface area contributed by atoms with E-state index in [1.165, 1.54) is 0 Å². The lowest BCUT2D eigenvalue weighted by Crippen LogP contribution is -2.34. The molecular weight excluding hydrogens is 486 g/mol. The van der Waals surface area contributed by atoms with Crippen LogP contribution in [0, 0.1) is 0 Å². The average Bonchev–Trinajstić information content (AvgIpc) is 3.46. The van der Waals surface area contributed by atoms with Gasteiger partial charge in [-0.25, -0.2) is 14.4 Å². The van der Waals surface area contributed by atoms with Crippen LogP contribution in [0.4, 0.5) is 0 Å². The Morgan fingerprint density at radius 3 is 1.22 bits per heavy atom. The van der Waals surface area contributed by atoms with Gasteiger partial charge in [0.1, 0.15) is 0 Å². The highest BCUT2D eigenvalue weighted by Gasteiger charge is 2.37. The van der Waals surface area contributed by atoms with Gasteiger partial charge in [0.05, 0.1) is 16.7 Å². The number of amides is 6. The van der Waals surface area contributed by atoms with Gasteiger partial charge in [0.15, 0.2) is 0 Å². The first-order valence-corrected chi connectivity index (χ1v) is 10.4. The van der Waals surface area contributed by atoms with Crippen molar-refractivity contribution in [3.63, 3.8) is 0 Å². The summed E-state index contributed by atoms with van der Waals surface area (Å²) in [6, 6.07) is 2.63. The average molecular weight is 501 g/mol. The molecule has 0 aromatic heterocycles. The normalized spacial score (nSPS) is 17.8. The molecule has 0 N–H and O–H groups in total. The molecule has 0 bridgehead atoms. The van der Waals surface area contributed by atoms with Gasteiger partial charge < -0.3 is 14.5 Å². The van der Waals surface area contributed by atoms with Crippen LogP contribution in [0.3, 0.4) is 0 Å². The molecule has 36 heavy (non-hydrogen) atoms. The summed E-state index contributed by atoms with van der Waals surface area (Å²) in [6.45, 7) is 0. The molecule has 4 rings (SSSR count). The standard InChI is InChI=1S/C21H15N3O12/c25-13-3-4-14(26)22(13)34-19(31)10-1-2-11(20(32)35-23-15(27)5-6-16(23)28)12(9-10)21(33)36-24-17(29)7-8-18(24)30/h1-2,9H,3-8H2. The van der Waals surface area contributed by atoms with Crippen molar-refractivity contribution in [2.75, 3.05) is 0 Å². The van der Waals surface area contributed by atoms with Gasteiger partial charge in [-0.15, -0.1) is 15.2 Å². The first-order chi connectivity index (χ1) is 17.1. The van der Waals surface area contributed by atoms with Crippen LogP contribution in [-0.4, -0.2) is 68.5 Å². The van der Waals surface area contributed by atoms with Crippen molar-refractivity contribution in [3.05, 3.63) is 34.9 Å². The summed E-state index contributed by atoms with van der Waals surface area (Å²) in [7, 11) is 0. The van der Waals surface area contributed by atoms with Gasteiger partial charge in [-0.3, -0.25) is 28.8 Å². The molecule has 0 spiro atoms. The highest BCUT2D eigenvalue weighted by Crippen LogP contribution is 2.22. The lowest BCUT2D eigenvalue weighted by atomic mass is 10.0. The molecule has 0 aliphatic carbocycles. The van der Waals surface area contributed by atoms with Crippen molar-refractivity contribution in [1.29, 1.82) is 0 Å². The van der Waals surface area contributed by atoms with Gasteiger partial charge in [-0.1, -0.05) is 0 Å². The summed E-state index contributed by atoms with van der Waals surface area (Å²) in [5.74, 6) is -8.84. The predicted molar refractivity (Wildman–Crippen MR) is 106 cm³/mol. The monoisotopic (exact) mass is 501 g/mol. The van der Waals surface area contributed by atoms with Crippen LogP contribution in [0.1, 0.15) is 69.6 Å². The number of benzene rings is 1. The second kappa shape index (κ2) is 9.36. The molecule has 0 radical (unpaired) electrons. The van der Waals surface area contributed by atoms with Gasteiger partial charge in [0, 0.05) is 38.5 Å². The van der Waals surface area contributed by atoms with Crippen molar-refractivity contribution >= 4 is 53.4 Å². The molecule has 3 heterocycles. The zero-order valence-corrected chi connectivity index (χ0v) is 18.2. The number of rotatable bonds is 6. The summed E-state index contributed by atoms with van der Waals surface area (Å²) in [5, 5.41) is 0.671. The zero-order chi connectivity index (χ0) is 26.1. The van der Waals surface area contributed by atoms with E-state index in [-0.39, 0.29) is 53.7 Å². The predicted octanol–water partition coefficient (Wildman–Crippen LogP) is -0.651. The Bertz CT molecular complexity index is 1220. The van der Waals surface area contributed by atoms with E-state index in [1.54, 1.807) is 0 Å². The number of nitrogens with zero attached hydrogens (tertiary/aromatic N) is 3. The van der Waals surface area contributed by atoms with E-state index >= 15 is 0 Å². The molecule has 3 aliphatic heterocycles.